The number of thioether (sulfide) groups is 1. The van der Waals surface area contributed by atoms with Crippen molar-refractivity contribution >= 4 is 45.9 Å². The summed E-state index contributed by atoms with van der Waals surface area (Å²) in [4.78, 5) is 16.5. The van der Waals surface area contributed by atoms with Crippen molar-refractivity contribution in [3.8, 4) is 11.4 Å². The Labute approximate surface area is 157 Å². The second-order valence-electron chi connectivity index (χ2n) is 5.15. The molecule has 0 aliphatic carbocycles. The van der Waals surface area contributed by atoms with E-state index in [0.29, 0.717) is 11.0 Å². The Morgan fingerprint density at radius 1 is 1.21 bits per heavy atom. The summed E-state index contributed by atoms with van der Waals surface area (Å²) in [6.45, 7) is 2.04. The predicted molar refractivity (Wildman–Crippen MR) is 105 cm³/mol. The molecule has 122 valence electrons. The second kappa shape index (κ2) is 7.80. The highest BCUT2D eigenvalue weighted by molar-refractivity contribution is 14.1. The molecule has 0 radical (unpaired) electrons. The Hall–Kier alpha value is -1.87. The minimum Gasteiger partial charge on any atom is -0.324 e. The van der Waals surface area contributed by atoms with Crippen molar-refractivity contribution in [1.82, 2.24) is 15.2 Å². The largest absolute Gasteiger partial charge is 0.324 e. The van der Waals surface area contributed by atoms with E-state index in [2.05, 4.69) is 43.1 Å². The second-order valence-corrected chi connectivity index (χ2v) is 7.25. The average Bonchev–Trinajstić information content (AvgIpc) is 3.05. The number of carbonyl (C=O) groups excluding carboxylic acids is 1. The van der Waals surface area contributed by atoms with Crippen LogP contribution in [-0.4, -0.2) is 26.8 Å². The fraction of sp³-hybridized carbons (Fsp3) is 0.118. The lowest BCUT2D eigenvalue weighted by molar-refractivity contribution is -0.113. The van der Waals surface area contributed by atoms with Gasteiger partial charge in [0, 0.05) is 9.13 Å². The van der Waals surface area contributed by atoms with E-state index in [1.165, 1.54) is 17.3 Å². The summed E-state index contributed by atoms with van der Waals surface area (Å²) in [5.74, 6) is 0.886. The molecule has 0 saturated heterocycles. The molecule has 1 amide bonds. The van der Waals surface area contributed by atoms with Gasteiger partial charge in [0.05, 0.1) is 11.4 Å². The van der Waals surface area contributed by atoms with Crippen LogP contribution in [0.1, 0.15) is 5.56 Å². The Balaban J connectivity index is 1.58. The van der Waals surface area contributed by atoms with Gasteiger partial charge in [-0.05, 0) is 41.6 Å². The first kappa shape index (κ1) is 17.0. The number of anilines is 1. The van der Waals surface area contributed by atoms with E-state index < -0.39 is 0 Å². The summed E-state index contributed by atoms with van der Waals surface area (Å²) >= 11 is 3.50. The van der Waals surface area contributed by atoms with Crippen molar-refractivity contribution in [3.63, 3.8) is 0 Å². The number of aromatic amines is 1. The summed E-state index contributed by atoms with van der Waals surface area (Å²) in [5, 5.41) is 10.5. The number of aryl methyl sites for hydroxylation is 1. The van der Waals surface area contributed by atoms with Crippen LogP contribution in [0.2, 0.25) is 0 Å². The van der Waals surface area contributed by atoms with E-state index in [0.717, 1.165) is 14.8 Å². The molecule has 0 saturated carbocycles. The highest BCUT2D eigenvalue weighted by Crippen LogP contribution is 2.21. The van der Waals surface area contributed by atoms with Crippen molar-refractivity contribution < 1.29 is 4.79 Å². The summed E-state index contributed by atoms with van der Waals surface area (Å²) in [6.07, 6.45) is 0. The van der Waals surface area contributed by atoms with Gasteiger partial charge in [-0.25, -0.2) is 4.98 Å². The molecule has 7 heteroatoms. The molecular formula is C17H15IN4OS. The van der Waals surface area contributed by atoms with Gasteiger partial charge in [-0.1, -0.05) is 53.7 Å². The van der Waals surface area contributed by atoms with E-state index in [1.807, 2.05) is 55.5 Å². The van der Waals surface area contributed by atoms with Crippen LogP contribution in [0.3, 0.4) is 0 Å². The fourth-order valence-corrected chi connectivity index (χ4v) is 3.15. The van der Waals surface area contributed by atoms with Crippen molar-refractivity contribution in [3.05, 3.63) is 57.7 Å². The molecule has 0 aliphatic heterocycles. The minimum absolute atomic E-state index is 0.0780. The Kier molecular flexibility index (Phi) is 5.52. The number of rotatable bonds is 5. The molecule has 0 unspecified atom stereocenters. The molecule has 1 heterocycles. The lowest BCUT2D eigenvalue weighted by atomic mass is 10.1. The van der Waals surface area contributed by atoms with Gasteiger partial charge in [0.1, 0.15) is 0 Å². The number of amides is 1. The number of hydrogen-bond donors (Lipinski definition) is 2. The molecule has 0 fully saturated rings. The number of nitrogens with one attached hydrogen (secondary N) is 2. The Morgan fingerprint density at radius 3 is 2.71 bits per heavy atom. The van der Waals surface area contributed by atoms with E-state index in [1.54, 1.807) is 0 Å². The molecular weight excluding hydrogens is 435 g/mol. The average molecular weight is 450 g/mol. The van der Waals surface area contributed by atoms with Crippen molar-refractivity contribution in [1.29, 1.82) is 0 Å². The predicted octanol–water partition coefficient (Wildman–Crippen LogP) is 4.12. The van der Waals surface area contributed by atoms with Crippen LogP contribution in [0.5, 0.6) is 0 Å². The Bertz CT molecular complexity index is 848. The summed E-state index contributed by atoms with van der Waals surface area (Å²) in [7, 11) is 0. The van der Waals surface area contributed by atoms with Gasteiger partial charge >= 0.3 is 0 Å². The maximum atomic E-state index is 12.1. The zero-order valence-electron chi connectivity index (χ0n) is 12.9. The lowest BCUT2D eigenvalue weighted by Gasteiger charge is -2.05. The van der Waals surface area contributed by atoms with Gasteiger partial charge in [-0.3, -0.25) is 9.89 Å². The standard InChI is InChI=1S/C17H15IN4OS/c1-11-6-8-12(9-7-11)16-20-17(22-21-16)24-10-15(23)19-14-5-3-2-4-13(14)18/h2-9H,10H2,1H3,(H,19,23)(H,20,21,22). The molecule has 1 aromatic heterocycles. The van der Waals surface area contributed by atoms with E-state index in [4.69, 9.17) is 0 Å². The van der Waals surface area contributed by atoms with Gasteiger partial charge in [0.25, 0.3) is 0 Å². The van der Waals surface area contributed by atoms with Crippen LogP contribution >= 0.6 is 34.4 Å². The molecule has 3 rings (SSSR count). The molecule has 0 aliphatic rings. The first-order valence-electron chi connectivity index (χ1n) is 7.28. The van der Waals surface area contributed by atoms with Gasteiger partial charge < -0.3 is 5.32 Å². The first-order chi connectivity index (χ1) is 11.6. The SMILES string of the molecule is Cc1ccc(-c2nc(SCC(=O)Nc3ccccc3I)n[nH]2)cc1. The topological polar surface area (TPSA) is 70.7 Å². The number of nitrogens with zero attached hydrogens (tertiary/aromatic N) is 2. The molecule has 0 bridgehead atoms. The quantitative estimate of drug-likeness (QED) is 0.454. The number of H-pyrrole nitrogens is 1. The van der Waals surface area contributed by atoms with Crippen molar-refractivity contribution in [2.24, 2.45) is 0 Å². The molecule has 24 heavy (non-hydrogen) atoms. The van der Waals surface area contributed by atoms with Crippen molar-refractivity contribution in [2.75, 3.05) is 11.1 Å². The summed E-state index contributed by atoms with van der Waals surface area (Å²) in [5.41, 5.74) is 2.99. The van der Waals surface area contributed by atoms with Gasteiger partial charge in [0.2, 0.25) is 11.1 Å². The molecule has 5 nitrogen and oxygen atoms in total. The normalized spacial score (nSPS) is 10.6. The van der Waals surface area contributed by atoms with Crippen LogP contribution in [0.25, 0.3) is 11.4 Å². The highest BCUT2D eigenvalue weighted by atomic mass is 127. The zero-order chi connectivity index (χ0) is 16.9. The van der Waals surface area contributed by atoms with Gasteiger partial charge in [0.15, 0.2) is 5.82 Å². The number of hydrogen-bond acceptors (Lipinski definition) is 4. The minimum atomic E-state index is -0.0780. The van der Waals surface area contributed by atoms with Crippen LogP contribution in [0.15, 0.2) is 53.7 Å². The lowest BCUT2D eigenvalue weighted by Crippen LogP contribution is -2.14. The third kappa shape index (κ3) is 4.35. The van der Waals surface area contributed by atoms with Gasteiger partial charge in [-0.2, -0.15) is 0 Å². The molecule has 2 N–H and O–H groups in total. The van der Waals surface area contributed by atoms with Crippen LogP contribution in [-0.2, 0) is 4.79 Å². The zero-order valence-corrected chi connectivity index (χ0v) is 15.9. The van der Waals surface area contributed by atoms with E-state index in [9.17, 15) is 4.79 Å². The van der Waals surface area contributed by atoms with Crippen molar-refractivity contribution in [2.45, 2.75) is 12.1 Å². The van der Waals surface area contributed by atoms with Crippen LogP contribution in [0, 0.1) is 10.5 Å². The number of halogens is 1. The van der Waals surface area contributed by atoms with Crippen LogP contribution in [0.4, 0.5) is 5.69 Å². The maximum absolute atomic E-state index is 12.1. The summed E-state index contributed by atoms with van der Waals surface area (Å²) < 4.78 is 1.01. The third-order valence-electron chi connectivity index (χ3n) is 3.27. The maximum Gasteiger partial charge on any atom is 0.234 e. The molecule has 0 atom stereocenters. The molecule has 0 spiro atoms. The highest BCUT2D eigenvalue weighted by Gasteiger charge is 2.10. The van der Waals surface area contributed by atoms with Crippen LogP contribution < -0.4 is 5.32 Å². The first-order valence-corrected chi connectivity index (χ1v) is 9.35. The summed E-state index contributed by atoms with van der Waals surface area (Å²) in [6, 6.07) is 15.7. The molecule has 3 aromatic rings. The van der Waals surface area contributed by atoms with Gasteiger partial charge in [-0.15, -0.1) is 5.10 Å². The number of para-hydroxylation sites is 1. The number of aromatic nitrogens is 3. The van der Waals surface area contributed by atoms with E-state index >= 15 is 0 Å². The monoisotopic (exact) mass is 450 g/mol. The molecule has 2 aromatic carbocycles. The number of benzene rings is 2. The number of carbonyl (C=O) groups is 1. The Morgan fingerprint density at radius 2 is 1.96 bits per heavy atom. The third-order valence-corrected chi connectivity index (χ3v) is 5.06. The fourth-order valence-electron chi connectivity index (χ4n) is 2.03. The smallest absolute Gasteiger partial charge is 0.234 e. The van der Waals surface area contributed by atoms with E-state index in [-0.39, 0.29) is 11.7 Å².